The number of hydrogen-bond acceptors (Lipinski definition) is 4. The van der Waals surface area contributed by atoms with Crippen molar-refractivity contribution in [2.75, 3.05) is 11.9 Å². The molecule has 5 nitrogen and oxygen atoms in total. The summed E-state index contributed by atoms with van der Waals surface area (Å²) < 4.78 is 10.7. The maximum atomic E-state index is 12.4. The van der Waals surface area contributed by atoms with E-state index in [1.54, 1.807) is 31.2 Å². The van der Waals surface area contributed by atoms with E-state index in [2.05, 4.69) is 5.32 Å². The molecular weight excluding hydrogens is 318 g/mol. The van der Waals surface area contributed by atoms with Gasteiger partial charge in [0.05, 0.1) is 12.2 Å². The van der Waals surface area contributed by atoms with Crippen LogP contribution in [0, 0.1) is 6.92 Å². The molecule has 1 atom stereocenters. The Kier molecular flexibility index (Phi) is 6.57. The van der Waals surface area contributed by atoms with Crippen molar-refractivity contribution in [3.8, 4) is 5.75 Å². The fourth-order valence-corrected chi connectivity index (χ4v) is 2.23. The van der Waals surface area contributed by atoms with Gasteiger partial charge in [-0.25, -0.2) is 4.79 Å². The Morgan fingerprint density at radius 1 is 1.00 bits per heavy atom. The molecule has 5 heteroatoms. The summed E-state index contributed by atoms with van der Waals surface area (Å²) in [6.45, 7) is 5.97. The van der Waals surface area contributed by atoms with Crippen molar-refractivity contribution in [2.24, 2.45) is 0 Å². The smallest absolute Gasteiger partial charge is 0.338 e. The van der Waals surface area contributed by atoms with Gasteiger partial charge in [-0.15, -0.1) is 0 Å². The highest BCUT2D eigenvalue weighted by molar-refractivity contribution is 5.95. The van der Waals surface area contributed by atoms with Gasteiger partial charge in [-0.3, -0.25) is 4.79 Å². The molecule has 25 heavy (non-hydrogen) atoms. The van der Waals surface area contributed by atoms with E-state index in [9.17, 15) is 9.59 Å². The highest BCUT2D eigenvalue weighted by atomic mass is 16.5. The fraction of sp³-hybridized carbons (Fsp3) is 0.300. The molecule has 0 aromatic heterocycles. The first-order valence-corrected chi connectivity index (χ1v) is 8.34. The first-order valence-electron chi connectivity index (χ1n) is 8.34. The van der Waals surface area contributed by atoms with E-state index >= 15 is 0 Å². The van der Waals surface area contributed by atoms with Gasteiger partial charge in [-0.05, 0) is 56.7 Å². The van der Waals surface area contributed by atoms with Crippen LogP contribution in [0.4, 0.5) is 5.69 Å². The quantitative estimate of drug-likeness (QED) is 0.774. The van der Waals surface area contributed by atoms with E-state index in [-0.39, 0.29) is 11.9 Å². The Hall–Kier alpha value is -2.82. The molecule has 2 aromatic rings. The number of rotatable bonds is 7. The Morgan fingerprint density at radius 2 is 1.64 bits per heavy atom. The molecule has 0 radical (unpaired) electrons. The van der Waals surface area contributed by atoms with Crippen LogP contribution in [-0.4, -0.2) is 24.6 Å². The number of amides is 1. The van der Waals surface area contributed by atoms with Gasteiger partial charge in [-0.1, -0.05) is 24.6 Å². The zero-order valence-electron chi connectivity index (χ0n) is 14.7. The van der Waals surface area contributed by atoms with Gasteiger partial charge in [0, 0.05) is 5.69 Å². The van der Waals surface area contributed by atoms with Crippen LogP contribution in [0.3, 0.4) is 0 Å². The topological polar surface area (TPSA) is 64.6 Å². The van der Waals surface area contributed by atoms with Crippen LogP contribution in [0.1, 0.15) is 36.2 Å². The van der Waals surface area contributed by atoms with Crippen LogP contribution in [0.25, 0.3) is 0 Å². The van der Waals surface area contributed by atoms with Crippen molar-refractivity contribution in [3.63, 3.8) is 0 Å². The zero-order chi connectivity index (χ0) is 18.2. The standard InChI is InChI=1S/C20H23NO4/c1-4-18(25-17-12-6-14(3)7-13-17)19(22)21-16-10-8-15(9-11-16)20(23)24-5-2/h6-13,18H,4-5H2,1-3H3,(H,21,22)/t18-/m0/s1. The maximum Gasteiger partial charge on any atom is 0.338 e. The lowest BCUT2D eigenvalue weighted by molar-refractivity contribution is -0.122. The Labute approximate surface area is 148 Å². The summed E-state index contributed by atoms with van der Waals surface area (Å²) >= 11 is 0. The third kappa shape index (κ3) is 5.35. The van der Waals surface area contributed by atoms with Crippen molar-refractivity contribution in [2.45, 2.75) is 33.3 Å². The number of anilines is 1. The van der Waals surface area contributed by atoms with E-state index in [1.165, 1.54) is 0 Å². The second kappa shape index (κ2) is 8.87. The number of esters is 1. The second-order valence-electron chi connectivity index (χ2n) is 5.61. The van der Waals surface area contributed by atoms with Gasteiger partial charge in [0.25, 0.3) is 5.91 Å². The molecular formula is C20H23NO4. The molecule has 1 N–H and O–H groups in total. The van der Waals surface area contributed by atoms with Gasteiger partial charge in [0.2, 0.25) is 0 Å². The van der Waals surface area contributed by atoms with Crippen LogP contribution in [-0.2, 0) is 9.53 Å². The predicted molar refractivity (Wildman–Crippen MR) is 96.9 cm³/mol. The van der Waals surface area contributed by atoms with E-state index in [0.717, 1.165) is 5.56 Å². The molecule has 2 rings (SSSR count). The van der Waals surface area contributed by atoms with E-state index in [4.69, 9.17) is 9.47 Å². The average molecular weight is 341 g/mol. The van der Waals surface area contributed by atoms with Gasteiger partial charge in [0.1, 0.15) is 5.75 Å². The van der Waals surface area contributed by atoms with E-state index in [0.29, 0.717) is 30.0 Å². The first kappa shape index (κ1) is 18.5. The zero-order valence-corrected chi connectivity index (χ0v) is 14.7. The maximum absolute atomic E-state index is 12.4. The molecule has 0 saturated carbocycles. The molecule has 132 valence electrons. The van der Waals surface area contributed by atoms with Gasteiger partial charge < -0.3 is 14.8 Å². The molecule has 0 aliphatic heterocycles. The number of benzene rings is 2. The largest absolute Gasteiger partial charge is 0.481 e. The number of hydrogen-bond donors (Lipinski definition) is 1. The van der Waals surface area contributed by atoms with E-state index < -0.39 is 6.10 Å². The summed E-state index contributed by atoms with van der Waals surface area (Å²) in [6.07, 6.45) is -0.0481. The Bertz CT molecular complexity index is 707. The predicted octanol–water partition coefficient (Wildman–Crippen LogP) is 3.97. The Balaban J connectivity index is 1.99. The van der Waals surface area contributed by atoms with Crippen LogP contribution in [0.2, 0.25) is 0 Å². The molecule has 0 bridgehead atoms. The average Bonchev–Trinajstić information content (AvgIpc) is 2.62. The highest BCUT2D eigenvalue weighted by Crippen LogP contribution is 2.16. The van der Waals surface area contributed by atoms with Crippen molar-refractivity contribution in [3.05, 3.63) is 59.7 Å². The normalized spacial score (nSPS) is 11.5. The lowest BCUT2D eigenvalue weighted by atomic mass is 10.2. The molecule has 0 aliphatic rings. The van der Waals surface area contributed by atoms with Crippen molar-refractivity contribution in [1.82, 2.24) is 0 Å². The van der Waals surface area contributed by atoms with Crippen LogP contribution in [0.5, 0.6) is 5.75 Å². The van der Waals surface area contributed by atoms with Crippen LogP contribution >= 0.6 is 0 Å². The van der Waals surface area contributed by atoms with Gasteiger partial charge >= 0.3 is 5.97 Å². The third-order valence-corrected chi connectivity index (χ3v) is 3.63. The van der Waals surface area contributed by atoms with E-state index in [1.807, 2.05) is 38.1 Å². The molecule has 1 amide bonds. The third-order valence-electron chi connectivity index (χ3n) is 3.63. The number of carbonyl (C=O) groups is 2. The molecule has 0 heterocycles. The van der Waals surface area contributed by atoms with Crippen molar-refractivity contribution in [1.29, 1.82) is 0 Å². The summed E-state index contributed by atoms with van der Waals surface area (Å²) in [5.41, 5.74) is 2.18. The van der Waals surface area contributed by atoms with Crippen LogP contribution in [0.15, 0.2) is 48.5 Å². The molecule has 2 aromatic carbocycles. The minimum atomic E-state index is -0.590. The lowest BCUT2D eigenvalue weighted by Crippen LogP contribution is -2.32. The molecule has 0 aliphatic carbocycles. The molecule has 0 unspecified atom stereocenters. The SMILES string of the molecule is CCOC(=O)c1ccc(NC(=O)[C@H](CC)Oc2ccc(C)cc2)cc1. The molecule has 0 saturated heterocycles. The Morgan fingerprint density at radius 3 is 2.20 bits per heavy atom. The first-order chi connectivity index (χ1) is 12.0. The summed E-state index contributed by atoms with van der Waals surface area (Å²) in [5.74, 6) is 0.0479. The van der Waals surface area contributed by atoms with Crippen molar-refractivity contribution < 1.29 is 19.1 Å². The summed E-state index contributed by atoms with van der Waals surface area (Å²) in [5, 5.41) is 2.81. The monoisotopic (exact) mass is 341 g/mol. The number of nitrogens with one attached hydrogen (secondary N) is 1. The van der Waals surface area contributed by atoms with Gasteiger partial charge in [-0.2, -0.15) is 0 Å². The number of carbonyl (C=O) groups excluding carboxylic acids is 2. The minimum Gasteiger partial charge on any atom is -0.481 e. The minimum absolute atomic E-state index is 0.230. The van der Waals surface area contributed by atoms with Crippen molar-refractivity contribution >= 4 is 17.6 Å². The highest BCUT2D eigenvalue weighted by Gasteiger charge is 2.18. The molecule has 0 spiro atoms. The fourth-order valence-electron chi connectivity index (χ4n) is 2.23. The second-order valence-corrected chi connectivity index (χ2v) is 5.61. The lowest BCUT2D eigenvalue weighted by Gasteiger charge is -2.17. The van der Waals surface area contributed by atoms with Crippen LogP contribution < -0.4 is 10.1 Å². The number of aryl methyl sites for hydroxylation is 1. The van der Waals surface area contributed by atoms with Gasteiger partial charge in [0.15, 0.2) is 6.10 Å². The number of ether oxygens (including phenoxy) is 2. The summed E-state index contributed by atoms with van der Waals surface area (Å²) in [4.78, 5) is 24.0. The summed E-state index contributed by atoms with van der Waals surface area (Å²) in [7, 11) is 0. The molecule has 0 fully saturated rings. The summed E-state index contributed by atoms with van der Waals surface area (Å²) in [6, 6.07) is 14.2.